The molecule has 0 radical (unpaired) electrons. The van der Waals surface area contributed by atoms with E-state index in [4.69, 9.17) is 4.42 Å². The van der Waals surface area contributed by atoms with E-state index < -0.39 is 0 Å². The number of aryl methyl sites for hydroxylation is 1. The number of aromatic nitrogens is 2. The Kier molecular flexibility index (Phi) is 3.33. The zero-order valence-electron chi connectivity index (χ0n) is 18.6. The fourth-order valence-corrected chi connectivity index (χ4v) is 5.93. The molecule has 0 spiro atoms. The quantitative estimate of drug-likeness (QED) is 0.254. The van der Waals surface area contributed by atoms with Crippen LogP contribution in [0.25, 0.3) is 71.2 Å². The second-order valence-corrected chi connectivity index (χ2v) is 9.01. The summed E-state index contributed by atoms with van der Waals surface area (Å²) in [5, 5.41) is 7.32. The van der Waals surface area contributed by atoms with Crippen molar-refractivity contribution in [2.24, 2.45) is 7.05 Å². The van der Waals surface area contributed by atoms with Gasteiger partial charge >= 0.3 is 0 Å². The Morgan fingerprint density at radius 2 is 1.15 bits per heavy atom. The van der Waals surface area contributed by atoms with Gasteiger partial charge in [0.25, 0.3) is 0 Å². The van der Waals surface area contributed by atoms with Crippen molar-refractivity contribution in [2.75, 3.05) is 0 Å². The fraction of sp³-hybridized carbons (Fsp3) is 0.0323. The lowest BCUT2D eigenvalue weighted by Gasteiger charge is -2.09. The Morgan fingerprint density at radius 1 is 0.529 bits per heavy atom. The van der Waals surface area contributed by atoms with Gasteiger partial charge in [-0.05, 0) is 30.3 Å². The summed E-state index contributed by atoms with van der Waals surface area (Å²) in [4.78, 5) is 0. The van der Waals surface area contributed by atoms with Crippen LogP contribution in [0.2, 0.25) is 0 Å². The molecule has 5 aromatic carbocycles. The van der Waals surface area contributed by atoms with E-state index in [9.17, 15) is 0 Å². The van der Waals surface area contributed by atoms with Crippen LogP contribution >= 0.6 is 0 Å². The molecular weight excluding hydrogens is 416 g/mol. The molecule has 8 rings (SSSR count). The van der Waals surface area contributed by atoms with Gasteiger partial charge in [0, 0.05) is 50.6 Å². The van der Waals surface area contributed by atoms with Crippen molar-refractivity contribution in [1.29, 1.82) is 0 Å². The Bertz CT molecular complexity index is 2070. The second-order valence-electron chi connectivity index (χ2n) is 9.01. The van der Waals surface area contributed by atoms with E-state index >= 15 is 0 Å². The molecule has 0 saturated carbocycles. The Labute approximate surface area is 195 Å². The van der Waals surface area contributed by atoms with E-state index in [-0.39, 0.29) is 0 Å². The Hall–Kier alpha value is -4.50. The van der Waals surface area contributed by atoms with Crippen molar-refractivity contribution in [1.82, 2.24) is 9.13 Å². The van der Waals surface area contributed by atoms with Gasteiger partial charge in [-0.25, -0.2) is 0 Å². The molecule has 0 bridgehead atoms. The van der Waals surface area contributed by atoms with Crippen LogP contribution in [0.15, 0.2) is 108 Å². The SMILES string of the molecule is Cn1c2ccccc2c2c1c1oc3ccccc3c1c1c3ccccc3n(-c3ccccc3)c12. The summed E-state index contributed by atoms with van der Waals surface area (Å²) in [5.41, 5.74) is 7.83. The molecule has 0 aliphatic carbocycles. The van der Waals surface area contributed by atoms with Crippen LogP contribution in [0.5, 0.6) is 0 Å². The van der Waals surface area contributed by atoms with Crippen molar-refractivity contribution in [3.63, 3.8) is 0 Å². The summed E-state index contributed by atoms with van der Waals surface area (Å²) in [6.07, 6.45) is 0. The van der Waals surface area contributed by atoms with E-state index in [0.29, 0.717) is 0 Å². The first-order valence-electron chi connectivity index (χ1n) is 11.6. The third kappa shape index (κ3) is 2.07. The van der Waals surface area contributed by atoms with E-state index in [1.807, 2.05) is 6.07 Å². The summed E-state index contributed by atoms with van der Waals surface area (Å²) < 4.78 is 11.3. The van der Waals surface area contributed by atoms with Gasteiger partial charge in [0.1, 0.15) is 5.58 Å². The number of para-hydroxylation sites is 4. The van der Waals surface area contributed by atoms with Crippen molar-refractivity contribution < 1.29 is 4.42 Å². The Morgan fingerprint density at radius 3 is 1.94 bits per heavy atom. The lowest BCUT2D eigenvalue weighted by Crippen LogP contribution is -1.94. The number of furan rings is 1. The van der Waals surface area contributed by atoms with Crippen LogP contribution in [0.4, 0.5) is 0 Å². The zero-order chi connectivity index (χ0) is 22.4. The summed E-state index contributed by atoms with van der Waals surface area (Å²) >= 11 is 0. The van der Waals surface area contributed by atoms with Gasteiger partial charge in [0.15, 0.2) is 5.58 Å². The van der Waals surface area contributed by atoms with Gasteiger partial charge < -0.3 is 13.6 Å². The number of rotatable bonds is 1. The van der Waals surface area contributed by atoms with Gasteiger partial charge in [-0.1, -0.05) is 72.8 Å². The lowest BCUT2D eigenvalue weighted by molar-refractivity contribution is 0.670. The molecule has 34 heavy (non-hydrogen) atoms. The summed E-state index contributed by atoms with van der Waals surface area (Å²) in [7, 11) is 2.15. The summed E-state index contributed by atoms with van der Waals surface area (Å²) in [6.45, 7) is 0. The molecule has 0 amide bonds. The largest absolute Gasteiger partial charge is 0.454 e. The standard InChI is InChI=1S/C31H20N2O/c1-32-23-16-8-5-13-20(23)28-29-26(27-22-15-7-10-18-25(22)34-31(27)30(28)32)21-14-6-9-17-24(21)33(29)19-11-3-2-4-12-19/h2-18H,1H3. The molecule has 0 fully saturated rings. The van der Waals surface area contributed by atoms with Gasteiger partial charge in [-0.3, -0.25) is 0 Å². The predicted octanol–water partition coefficient (Wildman–Crippen LogP) is 8.33. The molecule has 3 heteroatoms. The molecule has 0 saturated heterocycles. The zero-order valence-corrected chi connectivity index (χ0v) is 18.6. The molecule has 3 nitrogen and oxygen atoms in total. The topological polar surface area (TPSA) is 23.0 Å². The normalized spacial score (nSPS) is 12.3. The molecule has 3 aromatic heterocycles. The average molecular weight is 437 g/mol. The number of benzene rings is 5. The van der Waals surface area contributed by atoms with Gasteiger partial charge in [-0.2, -0.15) is 0 Å². The molecule has 0 atom stereocenters. The van der Waals surface area contributed by atoms with Crippen LogP contribution in [0.1, 0.15) is 0 Å². The predicted molar refractivity (Wildman–Crippen MR) is 142 cm³/mol. The molecule has 160 valence electrons. The van der Waals surface area contributed by atoms with E-state index in [2.05, 4.69) is 113 Å². The molecular formula is C31H20N2O. The van der Waals surface area contributed by atoms with Crippen molar-refractivity contribution in [3.05, 3.63) is 103 Å². The maximum Gasteiger partial charge on any atom is 0.160 e. The third-order valence-electron chi connectivity index (χ3n) is 7.29. The first-order valence-corrected chi connectivity index (χ1v) is 11.6. The summed E-state index contributed by atoms with van der Waals surface area (Å²) in [6, 6.07) is 36.5. The molecule has 0 aliphatic rings. The first kappa shape index (κ1) is 18.0. The highest BCUT2D eigenvalue weighted by Crippen LogP contribution is 2.48. The molecule has 3 heterocycles. The van der Waals surface area contributed by atoms with Gasteiger partial charge in [0.2, 0.25) is 0 Å². The first-order chi connectivity index (χ1) is 16.8. The molecule has 0 N–H and O–H groups in total. The average Bonchev–Trinajstić information content (AvgIpc) is 3.53. The van der Waals surface area contributed by atoms with E-state index in [0.717, 1.165) is 27.8 Å². The highest BCUT2D eigenvalue weighted by Gasteiger charge is 2.25. The minimum Gasteiger partial charge on any atom is -0.454 e. The summed E-state index contributed by atoms with van der Waals surface area (Å²) in [5.74, 6) is 0. The lowest BCUT2D eigenvalue weighted by atomic mass is 10.0. The van der Waals surface area contributed by atoms with Gasteiger partial charge in [0.05, 0.1) is 16.6 Å². The second kappa shape index (κ2) is 6.30. The van der Waals surface area contributed by atoms with Crippen LogP contribution < -0.4 is 0 Å². The van der Waals surface area contributed by atoms with Crippen molar-refractivity contribution in [3.8, 4) is 5.69 Å². The monoisotopic (exact) mass is 436 g/mol. The van der Waals surface area contributed by atoms with E-state index in [1.54, 1.807) is 0 Å². The highest BCUT2D eigenvalue weighted by atomic mass is 16.3. The number of hydrogen-bond acceptors (Lipinski definition) is 1. The number of nitrogens with zero attached hydrogens (tertiary/aromatic N) is 2. The van der Waals surface area contributed by atoms with Crippen LogP contribution in [-0.2, 0) is 7.05 Å². The maximum atomic E-state index is 6.62. The smallest absolute Gasteiger partial charge is 0.160 e. The van der Waals surface area contributed by atoms with Gasteiger partial charge in [-0.15, -0.1) is 0 Å². The Balaban J connectivity index is 1.83. The fourth-order valence-electron chi connectivity index (χ4n) is 5.93. The number of fused-ring (bicyclic) bond motifs is 12. The highest BCUT2D eigenvalue weighted by molar-refractivity contribution is 6.39. The van der Waals surface area contributed by atoms with Crippen molar-refractivity contribution in [2.45, 2.75) is 0 Å². The molecule has 0 aliphatic heterocycles. The van der Waals surface area contributed by atoms with E-state index in [1.165, 1.54) is 43.5 Å². The van der Waals surface area contributed by atoms with Crippen molar-refractivity contribution >= 4 is 65.6 Å². The number of hydrogen-bond donors (Lipinski definition) is 0. The molecule has 0 unspecified atom stereocenters. The molecule has 8 aromatic rings. The van der Waals surface area contributed by atoms with Crippen LogP contribution in [0, 0.1) is 0 Å². The van der Waals surface area contributed by atoms with Crippen LogP contribution in [0.3, 0.4) is 0 Å². The minimum absolute atomic E-state index is 0.924. The third-order valence-corrected chi connectivity index (χ3v) is 7.29. The minimum atomic E-state index is 0.924. The van der Waals surface area contributed by atoms with Crippen LogP contribution in [-0.4, -0.2) is 9.13 Å². The maximum absolute atomic E-state index is 6.62.